The minimum Gasteiger partial charge on any atom is -0.445 e. The molecule has 132 valence electrons. The van der Waals surface area contributed by atoms with Crippen LogP contribution in [-0.4, -0.2) is 46.2 Å². The lowest BCUT2D eigenvalue weighted by Gasteiger charge is -2.28. The van der Waals surface area contributed by atoms with Crippen LogP contribution in [-0.2, 0) is 4.74 Å². The largest absolute Gasteiger partial charge is 0.445 e. The van der Waals surface area contributed by atoms with Gasteiger partial charge in [0.1, 0.15) is 6.61 Å². The van der Waals surface area contributed by atoms with E-state index in [1.54, 1.807) is 17.0 Å². The van der Waals surface area contributed by atoms with Crippen LogP contribution in [0.25, 0.3) is 0 Å². The monoisotopic (exact) mass is 411 g/mol. The molecule has 0 aromatic heterocycles. The second kappa shape index (κ2) is 8.48. The van der Waals surface area contributed by atoms with Gasteiger partial charge in [0.25, 0.3) is 0 Å². The van der Waals surface area contributed by atoms with Crippen molar-refractivity contribution in [2.24, 2.45) is 5.10 Å². The Hall–Kier alpha value is -0.880. The van der Waals surface area contributed by atoms with Gasteiger partial charge in [-0.3, -0.25) is 4.90 Å². The third-order valence-corrected chi connectivity index (χ3v) is 3.95. The zero-order valence-electron chi connectivity index (χ0n) is 12.9. The zero-order chi connectivity index (χ0) is 17.7. The fraction of sp³-hybridized carbons (Fsp3) is 0.467. The molecule has 5 nitrogen and oxygen atoms in total. The van der Waals surface area contributed by atoms with Gasteiger partial charge in [-0.25, -0.2) is 4.79 Å². The number of ether oxygens (including phenoxy) is 1. The summed E-state index contributed by atoms with van der Waals surface area (Å²) in [5.41, 5.74) is 4.55. The third-order valence-electron chi connectivity index (χ3n) is 3.37. The van der Waals surface area contributed by atoms with Gasteiger partial charge in [-0.2, -0.15) is 5.10 Å². The highest BCUT2D eigenvalue weighted by Gasteiger charge is 2.33. The number of hydrogen-bond acceptors (Lipinski definition) is 4. The molecule has 0 radical (unpaired) electrons. The van der Waals surface area contributed by atoms with Crippen LogP contribution in [0.4, 0.5) is 4.79 Å². The van der Waals surface area contributed by atoms with Gasteiger partial charge in [-0.1, -0.05) is 65.5 Å². The normalized spacial score (nSPS) is 17.2. The second-order valence-electron chi connectivity index (χ2n) is 5.25. The molecule has 0 spiro atoms. The highest BCUT2D eigenvalue weighted by atomic mass is 35.6. The lowest BCUT2D eigenvalue weighted by atomic mass is 10.0. The SMILES string of the molecule is CCCN(C(=O)OCC(Cl)(Cl)Cl)C1CNN=C1c1ccc(Cl)cc1. The molecule has 1 unspecified atom stereocenters. The van der Waals surface area contributed by atoms with Crippen molar-refractivity contribution in [3.05, 3.63) is 34.9 Å². The summed E-state index contributed by atoms with van der Waals surface area (Å²) in [7, 11) is 0. The molecule has 1 N–H and O–H groups in total. The molecule has 1 amide bonds. The molecule has 0 saturated heterocycles. The number of carbonyl (C=O) groups is 1. The molecular formula is C15H17Cl4N3O2. The molecule has 0 aliphatic carbocycles. The van der Waals surface area contributed by atoms with E-state index in [4.69, 9.17) is 51.1 Å². The van der Waals surface area contributed by atoms with Crippen LogP contribution in [0.1, 0.15) is 18.9 Å². The van der Waals surface area contributed by atoms with Crippen LogP contribution in [0.2, 0.25) is 5.02 Å². The van der Waals surface area contributed by atoms with Gasteiger partial charge >= 0.3 is 6.09 Å². The number of benzene rings is 1. The Balaban J connectivity index is 2.15. The van der Waals surface area contributed by atoms with E-state index in [1.807, 2.05) is 19.1 Å². The quantitative estimate of drug-likeness (QED) is 0.736. The van der Waals surface area contributed by atoms with E-state index in [9.17, 15) is 4.79 Å². The minimum absolute atomic E-state index is 0.269. The Morgan fingerprint density at radius 1 is 1.38 bits per heavy atom. The molecule has 1 aliphatic heterocycles. The number of nitrogens with zero attached hydrogens (tertiary/aromatic N) is 2. The summed E-state index contributed by atoms with van der Waals surface area (Å²) in [6, 6.07) is 7.00. The van der Waals surface area contributed by atoms with Crippen molar-refractivity contribution in [3.8, 4) is 0 Å². The fourth-order valence-corrected chi connectivity index (χ4v) is 2.66. The molecule has 1 aliphatic rings. The first kappa shape index (κ1) is 19.4. The zero-order valence-corrected chi connectivity index (χ0v) is 16.0. The van der Waals surface area contributed by atoms with Crippen molar-refractivity contribution in [2.45, 2.75) is 23.2 Å². The topological polar surface area (TPSA) is 53.9 Å². The summed E-state index contributed by atoms with van der Waals surface area (Å²) < 4.78 is 3.48. The Morgan fingerprint density at radius 3 is 2.62 bits per heavy atom. The van der Waals surface area contributed by atoms with E-state index in [1.165, 1.54) is 0 Å². The molecule has 1 aromatic rings. The van der Waals surface area contributed by atoms with Crippen LogP contribution in [0.3, 0.4) is 0 Å². The highest BCUT2D eigenvalue weighted by molar-refractivity contribution is 6.67. The van der Waals surface area contributed by atoms with E-state index in [-0.39, 0.29) is 12.6 Å². The Kier molecular flexibility index (Phi) is 6.87. The molecular weight excluding hydrogens is 396 g/mol. The maximum atomic E-state index is 12.4. The number of halogens is 4. The summed E-state index contributed by atoms with van der Waals surface area (Å²) in [6.07, 6.45) is 0.214. The average molecular weight is 413 g/mol. The lowest BCUT2D eigenvalue weighted by molar-refractivity contribution is 0.0984. The van der Waals surface area contributed by atoms with Crippen LogP contribution in [0, 0.1) is 0 Å². The molecule has 0 saturated carbocycles. The summed E-state index contributed by atoms with van der Waals surface area (Å²) in [5, 5.41) is 4.94. The van der Waals surface area contributed by atoms with Gasteiger partial charge in [-0.05, 0) is 18.6 Å². The predicted molar refractivity (Wildman–Crippen MR) is 98.4 cm³/mol. The molecule has 0 bridgehead atoms. The van der Waals surface area contributed by atoms with Crippen molar-refractivity contribution in [3.63, 3.8) is 0 Å². The number of hydrogen-bond donors (Lipinski definition) is 1. The maximum Gasteiger partial charge on any atom is 0.410 e. The molecule has 1 atom stereocenters. The number of rotatable bonds is 5. The maximum absolute atomic E-state index is 12.4. The first-order chi connectivity index (χ1) is 11.3. The summed E-state index contributed by atoms with van der Waals surface area (Å²) in [5.74, 6) is 0. The van der Waals surface area contributed by atoms with Crippen molar-refractivity contribution in [1.29, 1.82) is 0 Å². The van der Waals surface area contributed by atoms with Gasteiger partial charge < -0.3 is 10.2 Å². The van der Waals surface area contributed by atoms with Crippen molar-refractivity contribution in [1.82, 2.24) is 10.3 Å². The first-order valence-electron chi connectivity index (χ1n) is 7.38. The average Bonchev–Trinajstić information content (AvgIpc) is 2.99. The predicted octanol–water partition coefficient (Wildman–Crippen LogP) is 4.23. The van der Waals surface area contributed by atoms with Crippen molar-refractivity contribution >= 4 is 58.2 Å². The standard InChI is InChI=1S/C15H17Cl4N3O2/c1-2-7-22(14(23)24-9-15(17,18)19)12-8-20-21-13(12)10-3-5-11(16)6-4-10/h3-6,12,20H,2,7-9H2,1H3. The van der Waals surface area contributed by atoms with Gasteiger partial charge in [0, 0.05) is 17.1 Å². The van der Waals surface area contributed by atoms with Gasteiger partial charge in [0.15, 0.2) is 0 Å². The Bertz CT molecular complexity index is 602. The van der Waals surface area contributed by atoms with Crippen LogP contribution >= 0.6 is 46.4 Å². The Morgan fingerprint density at radius 2 is 2.04 bits per heavy atom. The third kappa shape index (κ3) is 5.31. The number of alkyl halides is 3. The Labute approximate surface area is 160 Å². The van der Waals surface area contributed by atoms with Crippen molar-refractivity contribution < 1.29 is 9.53 Å². The summed E-state index contributed by atoms with van der Waals surface area (Å²) in [6.45, 7) is 2.64. The molecule has 1 aromatic carbocycles. The van der Waals surface area contributed by atoms with E-state index in [0.717, 1.165) is 17.7 Å². The second-order valence-corrected chi connectivity index (χ2v) is 8.20. The van der Waals surface area contributed by atoms with Gasteiger partial charge in [-0.15, -0.1) is 0 Å². The molecule has 24 heavy (non-hydrogen) atoms. The lowest BCUT2D eigenvalue weighted by Crippen LogP contribution is -2.47. The van der Waals surface area contributed by atoms with Crippen molar-refractivity contribution in [2.75, 3.05) is 19.7 Å². The number of nitrogens with one attached hydrogen (secondary N) is 1. The highest BCUT2D eigenvalue weighted by Crippen LogP contribution is 2.26. The summed E-state index contributed by atoms with van der Waals surface area (Å²) in [4.78, 5) is 14.0. The minimum atomic E-state index is -1.64. The number of carbonyl (C=O) groups excluding carboxylic acids is 1. The van der Waals surface area contributed by atoms with Gasteiger partial charge in [0.05, 0.1) is 18.3 Å². The molecule has 2 rings (SSSR count). The molecule has 0 fully saturated rings. The van der Waals surface area contributed by atoms with E-state index < -0.39 is 9.89 Å². The first-order valence-corrected chi connectivity index (χ1v) is 8.89. The van der Waals surface area contributed by atoms with Gasteiger partial charge in [0.2, 0.25) is 3.79 Å². The van der Waals surface area contributed by atoms with E-state index in [2.05, 4.69) is 10.5 Å². The molecule has 9 heteroatoms. The van der Waals surface area contributed by atoms with E-state index >= 15 is 0 Å². The molecule has 1 heterocycles. The smallest absolute Gasteiger partial charge is 0.410 e. The van der Waals surface area contributed by atoms with Crippen LogP contribution < -0.4 is 5.43 Å². The number of amides is 1. The van der Waals surface area contributed by atoms with Crippen LogP contribution in [0.15, 0.2) is 29.4 Å². The fourth-order valence-electron chi connectivity index (χ4n) is 2.37. The van der Waals surface area contributed by atoms with Crippen LogP contribution in [0.5, 0.6) is 0 Å². The number of hydrazone groups is 1. The summed E-state index contributed by atoms with van der Waals surface area (Å²) >= 11 is 22.9. The van der Waals surface area contributed by atoms with E-state index in [0.29, 0.717) is 18.1 Å².